The van der Waals surface area contributed by atoms with E-state index in [-0.39, 0.29) is 22.7 Å². The maximum Gasteiger partial charge on any atom is 0.332 e. The highest BCUT2D eigenvalue weighted by Gasteiger charge is 2.21. The number of aromatic amines is 1. The number of benzene rings is 2. The van der Waals surface area contributed by atoms with E-state index in [4.69, 9.17) is 22.1 Å². The zero-order chi connectivity index (χ0) is 20.5. The number of primary amides is 1. The van der Waals surface area contributed by atoms with Crippen molar-refractivity contribution < 1.29 is 9.53 Å². The van der Waals surface area contributed by atoms with Gasteiger partial charge in [-0.25, -0.2) is 19.3 Å². The van der Waals surface area contributed by atoms with E-state index >= 15 is 0 Å². The number of hydrogen-bond donors (Lipinski definition) is 2. The second kappa shape index (κ2) is 7.40. The van der Waals surface area contributed by atoms with Gasteiger partial charge in [0.1, 0.15) is 11.3 Å². The molecule has 146 valence electrons. The molecule has 9 heteroatoms. The number of halogens is 1. The number of rotatable bonds is 5. The van der Waals surface area contributed by atoms with Crippen molar-refractivity contribution in [2.75, 3.05) is 6.61 Å². The van der Waals surface area contributed by atoms with Gasteiger partial charge in [-0.15, -0.1) is 0 Å². The van der Waals surface area contributed by atoms with Crippen LogP contribution in [0.1, 0.15) is 17.4 Å². The number of carbonyl (C=O) groups excluding carboxylic acids is 1. The quantitative estimate of drug-likeness (QED) is 0.525. The molecule has 2 heterocycles. The molecule has 0 fully saturated rings. The first kappa shape index (κ1) is 18.7. The summed E-state index contributed by atoms with van der Waals surface area (Å²) in [5.74, 6) is -0.0656. The van der Waals surface area contributed by atoms with E-state index in [0.717, 1.165) is 0 Å². The zero-order valence-electron chi connectivity index (χ0n) is 15.3. The molecular formula is C20H16ClN5O3. The van der Waals surface area contributed by atoms with E-state index < -0.39 is 11.6 Å². The van der Waals surface area contributed by atoms with E-state index in [9.17, 15) is 9.59 Å². The van der Waals surface area contributed by atoms with E-state index in [1.807, 2.05) is 6.92 Å². The van der Waals surface area contributed by atoms with Crippen LogP contribution in [0.5, 0.6) is 5.75 Å². The van der Waals surface area contributed by atoms with Crippen molar-refractivity contribution in [3.8, 4) is 22.8 Å². The fourth-order valence-electron chi connectivity index (χ4n) is 3.06. The van der Waals surface area contributed by atoms with Gasteiger partial charge in [0.25, 0.3) is 5.91 Å². The molecule has 2 aromatic heterocycles. The number of para-hydroxylation sites is 2. The van der Waals surface area contributed by atoms with Crippen LogP contribution in [0.3, 0.4) is 0 Å². The molecule has 3 N–H and O–H groups in total. The highest BCUT2D eigenvalue weighted by molar-refractivity contribution is 6.30. The fourth-order valence-corrected chi connectivity index (χ4v) is 3.25. The summed E-state index contributed by atoms with van der Waals surface area (Å²) < 4.78 is 6.98. The van der Waals surface area contributed by atoms with Crippen molar-refractivity contribution >= 4 is 28.7 Å². The van der Waals surface area contributed by atoms with Crippen LogP contribution in [0, 0.1) is 0 Å². The van der Waals surface area contributed by atoms with Crippen molar-refractivity contribution in [2.24, 2.45) is 5.73 Å². The molecule has 0 radical (unpaired) electrons. The minimum atomic E-state index is -0.785. The first-order chi connectivity index (χ1) is 14.0. The van der Waals surface area contributed by atoms with Crippen molar-refractivity contribution in [3.05, 3.63) is 69.7 Å². The zero-order valence-corrected chi connectivity index (χ0v) is 16.1. The second-order valence-electron chi connectivity index (χ2n) is 6.14. The maximum absolute atomic E-state index is 12.8. The molecule has 0 saturated carbocycles. The molecule has 0 saturated heterocycles. The topological polar surface area (TPSA) is 116 Å². The molecule has 2 aromatic carbocycles. The van der Waals surface area contributed by atoms with E-state index in [0.29, 0.717) is 28.6 Å². The van der Waals surface area contributed by atoms with Gasteiger partial charge >= 0.3 is 5.69 Å². The monoisotopic (exact) mass is 409 g/mol. The molecule has 1 amide bonds. The Labute approximate surface area is 169 Å². The van der Waals surface area contributed by atoms with Gasteiger partial charge in [0, 0.05) is 10.6 Å². The molecular weight excluding hydrogens is 394 g/mol. The van der Waals surface area contributed by atoms with Crippen LogP contribution in [0.2, 0.25) is 5.02 Å². The van der Waals surface area contributed by atoms with E-state index in [2.05, 4.69) is 15.0 Å². The molecule has 0 aliphatic rings. The number of amides is 1. The summed E-state index contributed by atoms with van der Waals surface area (Å²) >= 11 is 6.08. The van der Waals surface area contributed by atoms with Crippen LogP contribution in [0.15, 0.2) is 53.3 Å². The number of nitrogens with two attached hydrogens (primary N) is 1. The third-order valence-corrected chi connectivity index (χ3v) is 4.49. The fraction of sp³-hybridized carbons (Fsp3) is 0.100. The minimum absolute atomic E-state index is 0.0882. The van der Waals surface area contributed by atoms with E-state index in [1.54, 1.807) is 48.5 Å². The lowest BCUT2D eigenvalue weighted by molar-refractivity contribution is 0.0997. The standard InChI is InChI=1S/C20H16ClN5O3/c1-2-29-14-9-4-3-8-13(14)26-19-16(24-20(26)28)15(17(22)27)23-18(25-19)11-6-5-7-12(21)10-11/h3-10H,2H2,1H3,(H2,22,27)(H,24,28). The Kier molecular flexibility index (Phi) is 4.77. The van der Waals surface area contributed by atoms with Crippen molar-refractivity contribution in [3.63, 3.8) is 0 Å². The van der Waals surface area contributed by atoms with Crippen molar-refractivity contribution in [2.45, 2.75) is 6.92 Å². The Morgan fingerprint density at radius 2 is 2.00 bits per heavy atom. The molecule has 4 rings (SSSR count). The Morgan fingerprint density at radius 3 is 2.72 bits per heavy atom. The van der Waals surface area contributed by atoms with Gasteiger partial charge in [0.2, 0.25) is 0 Å². The van der Waals surface area contributed by atoms with Crippen molar-refractivity contribution in [1.82, 2.24) is 19.5 Å². The molecule has 8 nitrogen and oxygen atoms in total. The molecule has 0 unspecified atom stereocenters. The number of fused-ring (bicyclic) bond motifs is 1. The molecule has 0 atom stereocenters. The summed E-state index contributed by atoms with van der Waals surface area (Å²) in [5, 5.41) is 0.486. The Bertz CT molecular complexity index is 1300. The lowest BCUT2D eigenvalue weighted by Crippen LogP contribution is -2.16. The van der Waals surface area contributed by atoms with Gasteiger partial charge in [-0.3, -0.25) is 4.79 Å². The maximum atomic E-state index is 12.8. The van der Waals surface area contributed by atoms with Crippen LogP contribution >= 0.6 is 11.6 Å². The third kappa shape index (κ3) is 3.34. The first-order valence-corrected chi connectivity index (χ1v) is 9.18. The summed E-state index contributed by atoms with van der Waals surface area (Å²) in [6.45, 7) is 2.27. The van der Waals surface area contributed by atoms with Gasteiger partial charge < -0.3 is 15.5 Å². The van der Waals surface area contributed by atoms with Gasteiger partial charge in [-0.05, 0) is 31.2 Å². The largest absolute Gasteiger partial charge is 0.492 e. The smallest absolute Gasteiger partial charge is 0.332 e. The summed E-state index contributed by atoms with van der Waals surface area (Å²) in [6, 6.07) is 13.9. The summed E-state index contributed by atoms with van der Waals surface area (Å²) in [4.78, 5) is 36.2. The van der Waals surface area contributed by atoms with Gasteiger partial charge in [0.05, 0.1) is 12.3 Å². The SMILES string of the molecule is CCOc1ccccc1-n1c(=O)[nH]c2c(C(N)=O)nc(-c3cccc(Cl)c3)nc21. The molecule has 0 spiro atoms. The van der Waals surface area contributed by atoms with Gasteiger partial charge in [-0.2, -0.15) is 0 Å². The van der Waals surface area contributed by atoms with Crippen LogP contribution in [-0.2, 0) is 0 Å². The van der Waals surface area contributed by atoms with Gasteiger partial charge in [-0.1, -0.05) is 35.9 Å². The number of nitrogens with zero attached hydrogens (tertiary/aromatic N) is 3. The van der Waals surface area contributed by atoms with Gasteiger partial charge in [0.15, 0.2) is 17.2 Å². The Hall–Kier alpha value is -3.65. The predicted octanol–water partition coefficient (Wildman–Crippen LogP) is 2.93. The molecule has 29 heavy (non-hydrogen) atoms. The lowest BCUT2D eigenvalue weighted by Gasteiger charge is -2.11. The Balaban J connectivity index is 2.06. The lowest BCUT2D eigenvalue weighted by atomic mass is 10.2. The molecule has 0 bridgehead atoms. The predicted molar refractivity (Wildman–Crippen MR) is 110 cm³/mol. The molecule has 0 aliphatic carbocycles. The van der Waals surface area contributed by atoms with Crippen LogP contribution in [0.25, 0.3) is 28.2 Å². The molecule has 4 aromatic rings. The number of ether oxygens (including phenoxy) is 1. The Morgan fingerprint density at radius 1 is 1.21 bits per heavy atom. The number of hydrogen-bond acceptors (Lipinski definition) is 5. The van der Waals surface area contributed by atoms with Crippen LogP contribution < -0.4 is 16.2 Å². The number of aromatic nitrogens is 4. The van der Waals surface area contributed by atoms with E-state index in [1.165, 1.54) is 4.57 Å². The summed E-state index contributed by atoms with van der Waals surface area (Å²) in [5.41, 5.74) is 6.37. The second-order valence-corrected chi connectivity index (χ2v) is 6.57. The highest BCUT2D eigenvalue weighted by atomic mass is 35.5. The third-order valence-electron chi connectivity index (χ3n) is 4.26. The number of H-pyrrole nitrogens is 1. The number of carbonyl (C=O) groups is 1. The highest BCUT2D eigenvalue weighted by Crippen LogP contribution is 2.27. The number of imidazole rings is 1. The summed E-state index contributed by atoms with van der Waals surface area (Å²) in [7, 11) is 0. The normalized spacial score (nSPS) is 11.0. The first-order valence-electron chi connectivity index (χ1n) is 8.80. The summed E-state index contributed by atoms with van der Waals surface area (Å²) in [6.07, 6.45) is 0. The van der Waals surface area contributed by atoms with Crippen LogP contribution in [0.4, 0.5) is 0 Å². The number of nitrogens with one attached hydrogen (secondary N) is 1. The minimum Gasteiger partial charge on any atom is -0.492 e. The average molecular weight is 410 g/mol. The van der Waals surface area contributed by atoms with Crippen molar-refractivity contribution in [1.29, 1.82) is 0 Å². The average Bonchev–Trinajstić information content (AvgIpc) is 3.03. The van der Waals surface area contributed by atoms with Crippen LogP contribution in [-0.4, -0.2) is 32.0 Å². The molecule has 0 aliphatic heterocycles.